The van der Waals surface area contributed by atoms with E-state index in [1.807, 2.05) is 0 Å². The van der Waals surface area contributed by atoms with Crippen LogP contribution in [0.4, 0.5) is 23.2 Å². The molecule has 2 atom stereocenters. The van der Waals surface area contributed by atoms with Crippen LogP contribution >= 0.6 is 0 Å². The van der Waals surface area contributed by atoms with E-state index in [-0.39, 0.29) is 23.2 Å². The van der Waals surface area contributed by atoms with Crippen LogP contribution in [-0.2, 0) is 4.79 Å². The molecular weight excluding hydrogens is 558 g/mol. The number of halogens is 4. The molecule has 230 valence electrons. The highest BCUT2D eigenvalue weighted by molar-refractivity contribution is 5.96. The second-order valence-corrected chi connectivity index (χ2v) is 11.6. The van der Waals surface area contributed by atoms with E-state index < -0.39 is 36.7 Å². The molecule has 2 aromatic heterocycles. The summed E-state index contributed by atoms with van der Waals surface area (Å²) in [5.41, 5.74) is 1.20. The Morgan fingerprint density at radius 1 is 1.24 bits per heavy atom. The third-order valence-electron chi connectivity index (χ3n) is 8.10. The summed E-state index contributed by atoms with van der Waals surface area (Å²) in [6.45, 7) is 4.35. The quantitative estimate of drug-likeness (QED) is 0.137. The number of alkyl halides is 3. The lowest BCUT2D eigenvalue weighted by Crippen LogP contribution is -2.46. The fraction of sp³-hybridized carbons (Fsp3) is 0.630. The summed E-state index contributed by atoms with van der Waals surface area (Å²) < 4.78 is 60.9. The molecule has 3 fully saturated rings. The van der Waals surface area contributed by atoms with Gasteiger partial charge in [-0.3, -0.25) is 9.48 Å². The van der Waals surface area contributed by atoms with Crippen molar-refractivity contribution in [2.24, 2.45) is 29.5 Å². The zero-order valence-electron chi connectivity index (χ0n) is 23.6. The molecule has 3 saturated carbocycles. The number of nitrogens with two attached hydrogens (primary N) is 1. The number of carbonyl (C=O) groups excluding carboxylic acids is 1. The molecule has 3 aliphatic carbocycles. The van der Waals surface area contributed by atoms with E-state index in [1.165, 1.54) is 17.1 Å². The first-order valence-electron chi connectivity index (χ1n) is 14.2. The lowest BCUT2D eigenvalue weighted by atomic mass is 9.88. The Balaban J connectivity index is 1.39. The predicted octanol–water partition coefficient (Wildman–Crippen LogP) is 3.86. The molecule has 42 heavy (non-hydrogen) atoms. The number of carbonyl (C=O) groups is 1. The molecule has 2 unspecified atom stereocenters. The number of hydrogen-bond acceptors (Lipinski definition) is 9. The number of amides is 1. The number of aromatic nitrogens is 4. The molecule has 2 heterocycles. The average molecular weight is 596 g/mol. The molecule has 5 N–H and O–H groups in total. The average Bonchev–Trinajstić information content (AvgIpc) is 3.80. The van der Waals surface area contributed by atoms with Gasteiger partial charge in [0.05, 0.1) is 23.6 Å². The van der Waals surface area contributed by atoms with E-state index in [4.69, 9.17) is 10.5 Å². The van der Waals surface area contributed by atoms with Gasteiger partial charge in [-0.2, -0.15) is 17.6 Å². The van der Waals surface area contributed by atoms with Crippen LogP contribution in [0.2, 0.25) is 0 Å². The first-order chi connectivity index (χ1) is 19.9. The minimum Gasteiger partial charge on any atom is -0.392 e. The second kappa shape index (κ2) is 11.9. The number of nitrogens with one attached hydrogen (secondary N) is 3. The number of hydrazine groups is 1. The van der Waals surface area contributed by atoms with Crippen molar-refractivity contribution < 1.29 is 27.0 Å². The van der Waals surface area contributed by atoms with Gasteiger partial charge in [0, 0.05) is 13.2 Å². The van der Waals surface area contributed by atoms with E-state index in [0.29, 0.717) is 40.4 Å². The highest BCUT2D eigenvalue weighted by Gasteiger charge is 2.48. The van der Waals surface area contributed by atoms with Gasteiger partial charge in [-0.1, -0.05) is 24.6 Å². The van der Waals surface area contributed by atoms with Gasteiger partial charge in [0.1, 0.15) is 24.0 Å². The molecule has 11 nitrogen and oxygen atoms in total. The summed E-state index contributed by atoms with van der Waals surface area (Å²) in [7, 11) is 1.54. The molecule has 3 aliphatic rings. The number of hydrogen-bond donors (Lipinski definition) is 4. The van der Waals surface area contributed by atoms with Gasteiger partial charge in [-0.15, -0.1) is 5.10 Å². The van der Waals surface area contributed by atoms with Crippen LogP contribution in [0, 0.1) is 36.5 Å². The third-order valence-corrected chi connectivity index (χ3v) is 8.10. The maximum Gasteiger partial charge on any atom is 0.407 e. The Kier molecular flexibility index (Phi) is 8.49. The van der Waals surface area contributed by atoms with E-state index in [1.54, 1.807) is 14.0 Å². The van der Waals surface area contributed by atoms with E-state index >= 15 is 4.39 Å². The van der Waals surface area contributed by atoms with Crippen molar-refractivity contribution in [3.05, 3.63) is 42.0 Å². The van der Waals surface area contributed by atoms with Crippen LogP contribution in [0.25, 0.3) is 5.70 Å². The number of rotatable bonds is 15. The zero-order valence-corrected chi connectivity index (χ0v) is 23.6. The summed E-state index contributed by atoms with van der Waals surface area (Å²) >= 11 is 0. The van der Waals surface area contributed by atoms with E-state index in [2.05, 4.69) is 37.9 Å². The predicted molar refractivity (Wildman–Crippen MR) is 145 cm³/mol. The summed E-state index contributed by atoms with van der Waals surface area (Å²) in [6, 6.07) is -1.52. The van der Waals surface area contributed by atoms with Crippen LogP contribution in [0.15, 0.2) is 29.3 Å². The van der Waals surface area contributed by atoms with Gasteiger partial charge in [0.15, 0.2) is 5.69 Å². The summed E-state index contributed by atoms with van der Waals surface area (Å²) in [4.78, 5) is 13.8. The van der Waals surface area contributed by atoms with Gasteiger partial charge in [0.25, 0.3) is 5.95 Å². The van der Waals surface area contributed by atoms with Crippen molar-refractivity contribution in [2.45, 2.75) is 70.1 Å². The monoisotopic (exact) mass is 595 g/mol. The smallest absolute Gasteiger partial charge is 0.392 e. The highest BCUT2D eigenvalue weighted by Crippen LogP contribution is 2.51. The van der Waals surface area contributed by atoms with Crippen molar-refractivity contribution in [1.29, 1.82) is 0 Å². The van der Waals surface area contributed by atoms with Crippen molar-refractivity contribution in [3.8, 4) is 0 Å². The lowest BCUT2D eigenvalue weighted by Gasteiger charge is -2.30. The zero-order chi connectivity index (χ0) is 30.2. The van der Waals surface area contributed by atoms with Crippen LogP contribution < -0.4 is 21.8 Å². The molecule has 0 spiro atoms. The van der Waals surface area contributed by atoms with Crippen molar-refractivity contribution in [2.75, 3.05) is 18.9 Å². The minimum atomic E-state index is -4.55. The molecule has 1 amide bonds. The summed E-state index contributed by atoms with van der Waals surface area (Å²) in [5.74, 6) is 5.42. The van der Waals surface area contributed by atoms with Gasteiger partial charge >= 0.3 is 6.18 Å². The standard InChI is InChI=1S/C27H37F4N9O2/c1-14(23-15(2)37-42-38-23)34-24(22(17-6-7-17)18-8-9-18)26(41)35-19-12-40(36-25(19)28)20(10-16-4-5-16)21(11-33-3)39(32)13-27(29,30)31/h11-12,16-18,20,22,24,33-34H,1,4-10,13,32H2,2-3H3,(H,35,41)/b21-11-. The largest absolute Gasteiger partial charge is 0.407 e. The number of anilines is 1. The first-order valence-corrected chi connectivity index (χ1v) is 14.2. The van der Waals surface area contributed by atoms with Crippen molar-refractivity contribution in [1.82, 2.24) is 35.7 Å². The maximum atomic E-state index is 15.3. The molecule has 0 saturated heterocycles. The maximum absolute atomic E-state index is 15.3. The van der Waals surface area contributed by atoms with Crippen molar-refractivity contribution in [3.63, 3.8) is 0 Å². The molecule has 5 rings (SSSR count). The number of allylic oxidation sites excluding steroid dienone is 1. The lowest BCUT2D eigenvalue weighted by molar-refractivity contribution is -0.143. The Morgan fingerprint density at radius 3 is 2.43 bits per heavy atom. The topological polar surface area (TPSA) is 139 Å². The summed E-state index contributed by atoms with van der Waals surface area (Å²) in [6.07, 6.45) is 4.37. The Hall–Kier alpha value is -3.62. The van der Waals surface area contributed by atoms with Crippen LogP contribution in [0.3, 0.4) is 0 Å². The van der Waals surface area contributed by atoms with Gasteiger partial charge < -0.3 is 21.0 Å². The molecule has 15 heteroatoms. The fourth-order valence-corrected chi connectivity index (χ4v) is 5.65. The molecule has 0 aliphatic heterocycles. The Bertz CT molecular complexity index is 1300. The Labute approximate surface area is 240 Å². The fourth-order valence-electron chi connectivity index (χ4n) is 5.65. The van der Waals surface area contributed by atoms with Crippen LogP contribution in [-0.4, -0.2) is 56.8 Å². The van der Waals surface area contributed by atoms with Crippen LogP contribution in [0.5, 0.6) is 0 Å². The molecule has 0 bridgehead atoms. The number of nitrogens with zero attached hydrogens (tertiary/aromatic N) is 5. The second-order valence-electron chi connectivity index (χ2n) is 11.6. The van der Waals surface area contributed by atoms with Gasteiger partial charge in [0.2, 0.25) is 5.91 Å². The van der Waals surface area contributed by atoms with Gasteiger partial charge in [-0.25, -0.2) is 10.5 Å². The number of aryl methyl sites for hydroxylation is 1. The SMILES string of the molecule is C=C(NC(C(=O)Nc1cn(C(CC2CC2)/C(=C/NC)N(N)CC(F)(F)F)nc1F)C(C1CC1)C1CC1)c1nonc1C. The molecule has 0 radical (unpaired) electrons. The first kappa shape index (κ1) is 29.9. The van der Waals surface area contributed by atoms with Crippen molar-refractivity contribution >= 4 is 17.3 Å². The highest BCUT2D eigenvalue weighted by atomic mass is 19.4. The van der Waals surface area contributed by atoms with Gasteiger partial charge in [-0.05, 0) is 67.9 Å². The summed E-state index contributed by atoms with van der Waals surface area (Å²) in [5, 5.41) is 20.9. The normalized spacial score (nSPS) is 19.0. The third kappa shape index (κ3) is 7.23. The van der Waals surface area contributed by atoms with E-state index in [9.17, 15) is 18.0 Å². The molecule has 0 aromatic carbocycles. The minimum absolute atomic E-state index is 0.0148. The Morgan fingerprint density at radius 2 is 1.90 bits per heavy atom. The van der Waals surface area contributed by atoms with Crippen LogP contribution in [0.1, 0.15) is 62.4 Å². The molecular formula is C27H37F4N9O2. The molecule has 2 aromatic rings. The van der Waals surface area contributed by atoms with E-state index in [0.717, 1.165) is 38.5 Å².